The molecule has 0 aromatic heterocycles. The molecule has 0 bridgehead atoms. The van der Waals surface area contributed by atoms with Gasteiger partial charge in [0.1, 0.15) is 0 Å². The van der Waals surface area contributed by atoms with Crippen LogP contribution in [0.15, 0.2) is 0 Å². The maximum absolute atomic E-state index is 6.05. The van der Waals surface area contributed by atoms with Crippen LogP contribution < -0.4 is 5.32 Å². The monoisotopic (exact) mass is 169 g/mol. The van der Waals surface area contributed by atoms with Crippen LogP contribution in [-0.4, -0.2) is 24.3 Å². The zero-order chi connectivity index (χ0) is 8.77. The maximum atomic E-state index is 6.05. The summed E-state index contributed by atoms with van der Waals surface area (Å²) in [6.07, 6.45) is 3.09. The molecule has 2 heteroatoms. The Kier molecular flexibility index (Phi) is 1.92. The second-order valence-electron chi connectivity index (χ2n) is 4.58. The maximum Gasteiger partial charge on any atom is 0.0810 e. The van der Waals surface area contributed by atoms with Gasteiger partial charge < -0.3 is 10.1 Å². The highest BCUT2D eigenvalue weighted by Gasteiger charge is 2.46. The molecule has 1 saturated heterocycles. The molecule has 0 radical (unpaired) electrons. The standard InChI is InChI=1S/C10H19NO/c1-7-8(2)12-10(3,6-11-7)9-4-5-9/h7-9,11H,4-6H2,1-3H3. The van der Waals surface area contributed by atoms with Gasteiger partial charge >= 0.3 is 0 Å². The SMILES string of the molecule is CC1NCC(C)(C2CC2)OC1C. The van der Waals surface area contributed by atoms with E-state index in [1.165, 1.54) is 12.8 Å². The molecule has 3 unspecified atom stereocenters. The lowest BCUT2D eigenvalue weighted by molar-refractivity contribution is -0.126. The van der Waals surface area contributed by atoms with Gasteiger partial charge in [-0.3, -0.25) is 0 Å². The van der Waals surface area contributed by atoms with Crippen LogP contribution in [0.3, 0.4) is 0 Å². The van der Waals surface area contributed by atoms with Gasteiger partial charge in [0.25, 0.3) is 0 Å². The highest BCUT2D eigenvalue weighted by Crippen LogP contribution is 2.43. The molecule has 0 spiro atoms. The molecular weight excluding hydrogens is 150 g/mol. The molecular formula is C10H19NO. The van der Waals surface area contributed by atoms with E-state index < -0.39 is 0 Å². The Labute approximate surface area is 74.7 Å². The molecule has 3 atom stereocenters. The van der Waals surface area contributed by atoms with Crippen molar-refractivity contribution in [3.8, 4) is 0 Å². The Hall–Kier alpha value is -0.0800. The summed E-state index contributed by atoms with van der Waals surface area (Å²) in [5.74, 6) is 0.819. The smallest absolute Gasteiger partial charge is 0.0810 e. The molecule has 0 aromatic carbocycles. The summed E-state index contributed by atoms with van der Waals surface area (Å²) < 4.78 is 6.05. The summed E-state index contributed by atoms with van der Waals surface area (Å²) in [7, 11) is 0. The first-order chi connectivity index (χ1) is 5.62. The van der Waals surface area contributed by atoms with Crippen LogP contribution in [0.5, 0.6) is 0 Å². The predicted molar refractivity (Wildman–Crippen MR) is 49.1 cm³/mol. The molecule has 2 nitrogen and oxygen atoms in total. The average Bonchev–Trinajstić information content (AvgIpc) is 2.79. The van der Waals surface area contributed by atoms with E-state index in [0.29, 0.717) is 12.1 Å². The summed E-state index contributed by atoms with van der Waals surface area (Å²) in [4.78, 5) is 0. The highest BCUT2D eigenvalue weighted by molar-refractivity contribution is 4.98. The fraction of sp³-hybridized carbons (Fsp3) is 1.00. The fourth-order valence-corrected chi connectivity index (χ4v) is 2.03. The van der Waals surface area contributed by atoms with Gasteiger partial charge in [-0.25, -0.2) is 0 Å². The van der Waals surface area contributed by atoms with E-state index in [1.807, 2.05) is 0 Å². The van der Waals surface area contributed by atoms with Gasteiger partial charge in [-0.05, 0) is 39.5 Å². The summed E-state index contributed by atoms with van der Waals surface area (Å²) in [6, 6.07) is 0.511. The Balaban J connectivity index is 2.00. The third-order valence-electron chi connectivity index (χ3n) is 3.38. The van der Waals surface area contributed by atoms with Crippen LogP contribution in [0.2, 0.25) is 0 Å². The molecule has 2 rings (SSSR count). The van der Waals surface area contributed by atoms with Crippen LogP contribution in [0.1, 0.15) is 33.6 Å². The summed E-state index contributed by atoms with van der Waals surface area (Å²) in [5.41, 5.74) is 0.131. The summed E-state index contributed by atoms with van der Waals surface area (Å²) in [5, 5.41) is 3.52. The van der Waals surface area contributed by atoms with Gasteiger partial charge in [-0.15, -0.1) is 0 Å². The lowest BCUT2D eigenvalue weighted by Crippen LogP contribution is -2.56. The minimum absolute atomic E-state index is 0.131. The van der Waals surface area contributed by atoms with Crippen molar-refractivity contribution in [2.24, 2.45) is 5.92 Å². The second-order valence-corrected chi connectivity index (χ2v) is 4.58. The van der Waals surface area contributed by atoms with Gasteiger partial charge in [0, 0.05) is 12.6 Å². The van der Waals surface area contributed by atoms with Crippen molar-refractivity contribution < 1.29 is 4.74 Å². The average molecular weight is 169 g/mol. The first-order valence-corrected chi connectivity index (χ1v) is 5.03. The van der Waals surface area contributed by atoms with Crippen LogP contribution >= 0.6 is 0 Å². The molecule has 1 saturated carbocycles. The van der Waals surface area contributed by atoms with E-state index in [1.54, 1.807) is 0 Å². The van der Waals surface area contributed by atoms with E-state index in [9.17, 15) is 0 Å². The largest absolute Gasteiger partial charge is 0.369 e. The van der Waals surface area contributed by atoms with Crippen molar-refractivity contribution in [2.75, 3.05) is 6.54 Å². The number of morpholine rings is 1. The summed E-state index contributed by atoms with van der Waals surface area (Å²) >= 11 is 0. The summed E-state index contributed by atoms with van der Waals surface area (Å²) in [6.45, 7) is 7.64. The predicted octanol–water partition coefficient (Wildman–Crippen LogP) is 1.55. The molecule has 1 aliphatic heterocycles. The van der Waals surface area contributed by atoms with Crippen LogP contribution in [0.4, 0.5) is 0 Å². The molecule has 1 aliphatic carbocycles. The van der Waals surface area contributed by atoms with Crippen LogP contribution in [0.25, 0.3) is 0 Å². The van der Waals surface area contributed by atoms with Crippen molar-refractivity contribution in [1.82, 2.24) is 5.32 Å². The van der Waals surface area contributed by atoms with Crippen LogP contribution in [0, 0.1) is 5.92 Å². The molecule has 2 fully saturated rings. The molecule has 0 aromatic rings. The van der Waals surface area contributed by atoms with Crippen molar-refractivity contribution in [3.63, 3.8) is 0 Å². The van der Waals surface area contributed by atoms with Crippen LogP contribution in [-0.2, 0) is 4.74 Å². The molecule has 70 valence electrons. The lowest BCUT2D eigenvalue weighted by atomic mass is 9.96. The third-order valence-corrected chi connectivity index (χ3v) is 3.38. The normalized spacial score (nSPS) is 49.2. The minimum Gasteiger partial charge on any atom is -0.369 e. The molecule has 1 heterocycles. The molecule has 0 amide bonds. The molecule has 2 aliphatic rings. The first-order valence-electron chi connectivity index (χ1n) is 5.03. The van der Waals surface area contributed by atoms with Crippen molar-refractivity contribution in [1.29, 1.82) is 0 Å². The second kappa shape index (κ2) is 2.71. The number of ether oxygens (including phenoxy) is 1. The zero-order valence-corrected chi connectivity index (χ0v) is 8.26. The van der Waals surface area contributed by atoms with E-state index in [2.05, 4.69) is 26.1 Å². The highest BCUT2D eigenvalue weighted by atomic mass is 16.5. The minimum atomic E-state index is 0.131. The van der Waals surface area contributed by atoms with Gasteiger partial charge in [-0.2, -0.15) is 0 Å². The topological polar surface area (TPSA) is 21.3 Å². The quantitative estimate of drug-likeness (QED) is 0.643. The third kappa shape index (κ3) is 1.38. The van der Waals surface area contributed by atoms with E-state index in [-0.39, 0.29) is 5.60 Å². The Morgan fingerprint density at radius 2 is 2.00 bits per heavy atom. The van der Waals surface area contributed by atoms with E-state index in [0.717, 1.165) is 12.5 Å². The number of rotatable bonds is 1. The number of nitrogens with one attached hydrogen (secondary N) is 1. The van der Waals surface area contributed by atoms with E-state index in [4.69, 9.17) is 4.74 Å². The molecule has 1 N–H and O–H groups in total. The van der Waals surface area contributed by atoms with E-state index >= 15 is 0 Å². The van der Waals surface area contributed by atoms with Gasteiger partial charge in [0.2, 0.25) is 0 Å². The van der Waals surface area contributed by atoms with Crippen molar-refractivity contribution in [3.05, 3.63) is 0 Å². The Morgan fingerprint density at radius 1 is 1.33 bits per heavy atom. The first kappa shape index (κ1) is 8.52. The number of hydrogen-bond acceptors (Lipinski definition) is 2. The van der Waals surface area contributed by atoms with Crippen molar-refractivity contribution in [2.45, 2.75) is 51.4 Å². The van der Waals surface area contributed by atoms with Gasteiger partial charge in [0.05, 0.1) is 11.7 Å². The van der Waals surface area contributed by atoms with Crippen molar-refractivity contribution >= 4 is 0 Å². The molecule has 12 heavy (non-hydrogen) atoms. The zero-order valence-electron chi connectivity index (χ0n) is 8.26. The Morgan fingerprint density at radius 3 is 2.50 bits per heavy atom. The van der Waals surface area contributed by atoms with Gasteiger partial charge in [-0.1, -0.05) is 0 Å². The van der Waals surface area contributed by atoms with Gasteiger partial charge in [0.15, 0.2) is 0 Å². The fourth-order valence-electron chi connectivity index (χ4n) is 2.03. The lowest BCUT2D eigenvalue weighted by Gasteiger charge is -2.42. The number of hydrogen-bond donors (Lipinski definition) is 1. The Bertz CT molecular complexity index is 179.